The Kier molecular flexibility index (Phi) is 4.91. The molecule has 2 rings (SSSR count). The van der Waals surface area contributed by atoms with Crippen LogP contribution in [0.4, 0.5) is 5.00 Å². The lowest BCUT2D eigenvalue weighted by molar-refractivity contribution is 0.112. The third-order valence-electron chi connectivity index (χ3n) is 2.93. The molecule has 20 heavy (non-hydrogen) atoms. The Labute approximate surface area is 123 Å². The van der Waals surface area contributed by atoms with Crippen LogP contribution in [0.5, 0.6) is 0 Å². The molecule has 1 aromatic rings. The Morgan fingerprint density at radius 1 is 1.45 bits per heavy atom. The second-order valence-corrected chi connectivity index (χ2v) is 5.47. The normalized spacial score (nSPS) is 14.1. The smallest absolute Gasteiger partial charge is 0.153 e. The summed E-state index contributed by atoms with van der Waals surface area (Å²) in [5, 5.41) is 4.01. The number of carbonyl (C=O) groups excluding carboxylic acids is 1. The maximum absolute atomic E-state index is 11.2. The van der Waals surface area contributed by atoms with Gasteiger partial charge in [0, 0.05) is 16.1 Å². The molecule has 1 aliphatic rings. The van der Waals surface area contributed by atoms with Gasteiger partial charge in [0.25, 0.3) is 0 Å². The summed E-state index contributed by atoms with van der Waals surface area (Å²) in [5.41, 5.74) is 2.69. The molecular weight excluding hydrogens is 266 g/mol. The first-order valence-electron chi connectivity index (χ1n) is 6.44. The molecule has 0 bridgehead atoms. The highest BCUT2D eigenvalue weighted by Gasteiger charge is 2.12. The summed E-state index contributed by atoms with van der Waals surface area (Å²) >= 11 is 1.59. The monoisotopic (exact) mass is 283 g/mol. The first kappa shape index (κ1) is 14.3. The van der Waals surface area contributed by atoms with E-state index in [4.69, 9.17) is 0 Å². The highest BCUT2D eigenvalue weighted by molar-refractivity contribution is 7.17. The zero-order valence-corrected chi connectivity index (χ0v) is 12.1. The zero-order valence-electron chi connectivity index (χ0n) is 11.3. The molecule has 0 saturated carbocycles. The average molecular weight is 283 g/mol. The second kappa shape index (κ2) is 6.87. The molecule has 2 nitrogen and oxygen atoms in total. The molecule has 1 aliphatic carbocycles. The number of anilines is 1. The highest BCUT2D eigenvalue weighted by Crippen LogP contribution is 2.35. The predicted octanol–water partition coefficient (Wildman–Crippen LogP) is 4.96. The quantitative estimate of drug-likeness (QED) is 0.590. The number of thiophene rings is 1. The summed E-state index contributed by atoms with van der Waals surface area (Å²) in [6.45, 7) is 7.52. The largest absolute Gasteiger partial charge is 0.347 e. The van der Waals surface area contributed by atoms with Crippen molar-refractivity contribution in [3.05, 3.63) is 71.8 Å². The van der Waals surface area contributed by atoms with Gasteiger partial charge in [0.2, 0.25) is 0 Å². The van der Waals surface area contributed by atoms with Gasteiger partial charge in [-0.15, -0.1) is 11.3 Å². The minimum Gasteiger partial charge on any atom is -0.347 e. The second-order valence-electron chi connectivity index (χ2n) is 4.42. The fourth-order valence-corrected chi connectivity index (χ4v) is 3.04. The van der Waals surface area contributed by atoms with Gasteiger partial charge in [0.05, 0.1) is 0 Å². The van der Waals surface area contributed by atoms with Crippen molar-refractivity contribution in [3.63, 3.8) is 0 Å². The summed E-state index contributed by atoms with van der Waals surface area (Å²) in [6, 6.07) is 1.94. The summed E-state index contributed by atoms with van der Waals surface area (Å²) in [4.78, 5) is 12.3. The topological polar surface area (TPSA) is 29.1 Å². The van der Waals surface area contributed by atoms with Gasteiger partial charge in [-0.2, -0.15) is 0 Å². The van der Waals surface area contributed by atoms with Crippen LogP contribution in [0.25, 0.3) is 5.57 Å². The highest BCUT2D eigenvalue weighted by atomic mass is 32.1. The van der Waals surface area contributed by atoms with E-state index >= 15 is 0 Å². The Balaban J connectivity index is 2.22. The molecule has 1 aromatic heterocycles. The summed E-state index contributed by atoms with van der Waals surface area (Å²) in [6.07, 6.45) is 14.6. The van der Waals surface area contributed by atoms with Crippen molar-refractivity contribution >= 4 is 28.2 Å². The van der Waals surface area contributed by atoms with Crippen LogP contribution in [-0.2, 0) is 0 Å². The van der Waals surface area contributed by atoms with E-state index in [2.05, 4.69) is 36.7 Å². The Hall–Kier alpha value is -2.13. The van der Waals surface area contributed by atoms with Crippen molar-refractivity contribution in [2.24, 2.45) is 0 Å². The van der Waals surface area contributed by atoms with Crippen LogP contribution in [0, 0.1) is 0 Å². The lowest BCUT2D eigenvalue weighted by Crippen LogP contribution is -1.94. The van der Waals surface area contributed by atoms with E-state index in [9.17, 15) is 4.79 Å². The van der Waals surface area contributed by atoms with Gasteiger partial charge in [-0.3, -0.25) is 4.79 Å². The molecule has 0 saturated heterocycles. The maximum Gasteiger partial charge on any atom is 0.153 e. The first-order chi connectivity index (χ1) is 9.74. The molecule has 3 heteroatoms. The van der Waals surface area contributed by atoms with E-state index in [1.807, 2.05) is 12.1 Å². The number of rotatable bonds is 6. The SMILES string of the molecule is C=C/C=C\C(=C)Nc1sc(C2=CC=CCC2)cc1C=O. The number of hydrogen-bond acceptors (Lipinski definition) is 3. The molecular formula is C17H17NOS. The third-order valence-corrected chi connectivity index (χ3v) is 4.07. The lowest BCUT2D eigenvalue weighted by Gasteiger charge is -2.06. The van der Waals surface area contributed by atoms with Crippen molar-refractivity contribution in [3.8, 4) is 0 Å². The molecule has 0 aromatic carbocycles. The average Bonchev–Trinajstić information content (AvgIpc) is 2.89. The van der Waals surface area contributed by atoms with Gasteiger partial charge < -0.3 is 5.32 Å². The van der Waals surface area contributed by atoms with Gasteiger partial charge in [-0.1, -0.05) is 43.5 Å². The number of aldehydes is 1. The lowest BCUT2D eigenvalue weighted by atomic mass is 10.0. The van der Waals surface area contributed by atoms with Gasteiger partial charge in [0.15, 0.2) is 6.29 Å². The molecule has 0 unspecified atom stereocenters. The first-order valence-corrected chi connectivity index (χ1v) is 7.26. The number of nitrogens with one attached hydrogen (secondary N) is 1. The molecule has 0 spiro atoms. The van der Waals surface area contributed by atoms with Crippen LogP contribution in [-0.4, -0.2) is 6.29 Å². The Morgan fingerprint density at radius 3 is 2.95 bits per heavy atom. The molecule has 0 radical (unpaired) electrons. The van der Waals surface area contributed by atoms with Gasteiger partial charge >= 0.3 is 0 Å². The van der Waals surface area contributed by atoms with E-state index in [1.54, 1.807) is 23.5 Å². The number of carbonyl (C=O) groups is 1. The van der Waals surface area contributed by atoms with Crippen molar-refractivity contribution in [2.45, 2.75) is 12.8 Å². The molecule has 1 heterocycles. The molecule has 102 valence electrons. The van der Waals surface area contributed by atoms with E-state index in [-0.39, 0.29) is 0 Å². The van der Waals surface area contributed by atoms with E-state index in [0.717, 1.165) is 34.7 Å². The van der Waals surface area contributed by atoms with Gasteiger partial charge in [-0.25, -0.2) is 0 Å². The van der Waals surface area contributed by atoms with Crippen molar-refractivity contribution in [2.75, 3.05) is 5.32 Å². The van der Waals surface area contributed by atoms with E-state index in [1.165, 1.54) is 5.57 Å². The minimum atomic E-state index is 0.675. The van der Waals surface area contributed by atoms with E-state index in [0.29, 0.717) is 5.56 Å². The molecule has 0 aliphatic heterocycles. The van der Waals surface area contributed by atoms with Gasteiger partial charge in [-0.05, 0) is 30.6 Å². The third kappa shape index (κ3) is 3.45. The van der Waals surface area contributed by atoms with Crippen molar-refractivity contribution < 1.29 is 4.79 Å². The van der Waals surface area contributed by atoms with Crippen LogP contribution < -0.4 is 5.32 Å². The summed E-state index contributed by atoms with van der Waals surface area (Å²) in [7, 11) is 0. The van der Waals surface area contributed by atoms with E-state index < -0.39 is 0 Å². The van der Waals surface area contributed by atoms with Crippen LogP contribution >= 0.6 is 11.3 Å². The molecule has 0 fully saturated rings. The Morgan fingerprint density at radius 2 is 2.30 bits per heavy atom. The summed E-state index contributed by atoms with van der Waals surface area (Å²) < 4.78 is 0. The summed E-state index contributed by atoms with van der Waals surface area (Å²) in [5.74, 6) is 0. The molecule has 0 amide bonds. The van der Waals surface area contributed by atoms with Crippen LogP contribution in [0.1, 0.15) is 28.1 Å². The number of hydrogen-bond donors (Lipinski definition) is 1. The maximum atomic E-state index is 11.2. The number of allylic oxidation sites excluding steroid dienone is 7. The zero-order chi connectivity index (χ0) is 14.4. The predicted molar refractivity (Wildman–Crippen MR) is 88.2 cm³/mol. The van der Waals surface area contributed by atoms with Crippen molar-refractivity contribution in [1.82, 2.24) is 0 Å². The van der Waals surface area contributed by atoms with Crippen LogP contribution in [0.3, 0.4) is 0 Å². The van der Waals surface area contributed by atoms with Crippen LogP contribution in [0.2, 0.25) is 0 Å². The standard InChI is InChI=1S/C17H17NOS/c1-3-4-8-13(2)18-17-15(12-19)11-16(20-17)14-9-6-5-7-10-14/h3-6,8-9,11-12,18H,1-2,7,10H2/b8-4-. The fourth-order valence-electron chi connectivity index (χ4n) is 1.93. The molecule has 1 N–H and O–H groups in total. The molecule has 0 atom stereocenters. The van der Waals surface area contributed by atoms with Crippen molar-refractivity contribution in [1.29, 1.82) is 0 Å². The van der Waals surface area contributed by atoms with Crippen LogP contribution in [0.15, 0.2) is 61.4 Å². The Bertz CT molecular complexity index is 617. The minimum absolute atomic E-state index is 0.675. The fraction of sp³-hybridized carbons (Fsp3) is 0.118. The van der Waals surface area contributed by atoms with Gasteiger partial charge in [0.1, 0.15) is 5.00 Å².